The number of amides is 1. The number of aliphatic hydroxyl groups excluding tert-OH is 1. The maximum Gasteiger partial charge on any atom is 0.223 e. The van der Waals surface area contributed by atoms with Crippen LogP contribution in [0.25, 0.3) is 0 Å². The molecule has 2 aliphatic rings. The molecule has 3 rings (SSSR count). The fourth-order valence-corrected chi connectivity index (χ4v) is 4.20. The SMILES string of the molecule is O=C(CC1CC2CCC1C2)N(CCO)Cc1ccccc1. The number of benzene rings is 1. The lowest BCUT2D eigenvalue weighted by Gasteiger charge is -2.26. The summed E-state index contributed by atoms with van der Waals surface area (Å²) in [6.45, 7) is 1.09. The Bertz CT molecular complexity index is 473. The number of nitrogens with zero attached hydrogens (tertiary/aromatic N) is 1. The number of aliphatic hydroxyl groups is 1. The zero-order chi connectivity index (χ0) is 14.7. The van der Waals surface area contributed by atoms with Crippen molar-refractivity contribution in [3.63, 3.8) is 0 Å². The van der Waals surface area contributed by atoms with Crippen molar-refractivity contribution in [3.8, 4) is 0 Å². The maximum absolute atomic E-state index is 12.6. The molecule has 0 spiro atoms. The highest BCUT2D eigenvalue weighted by molar-refractivity contribution is 5.76. The second-order valence-electron chi connectivity index (χ2n) is 6.66. The van der Waals surface area contributed by atoms with E-state index in [9.17, 15) is 9.90 Å². The molecule has 1 aromatic carbocycles. The molecule has 2 saturated carbocycles. The van der Waals surface area contributed by atoms with Gasteiger partial charge < -0.3 is 10.0 Å². The first-order valence-corrected chi connectivity index (χ1v) is 8.19. The largest absolute Gasteiger partial charge is 0.395 e. The molecule has 2 aliphatic carbocycles. The third kappa shape index (κ3) is 3.46. The molecule has 3 nitrogen and oxygen atoms in total. The van der Waals surface area contributed by atoms with Crippen LogP contribution in [0.3, 0.4) is 0 Å². The van der Waals surface area contributed by atoms with Gasteiger partial charge in [-0.3, -0.25) is 4.79 Å². The Labute approximate surface area is 127 Å². The van der Waals surface area contributed by atoms with E-state index in [1.807, 2.05) is 35.2 Å². The van der Waals surface area contributed by atoms with Crippen molar-refractivity contribution in [2.24, 2.45) is 17.8 Å². The Morgan fingerprint density at radius 1 is 1.19 bits per heavy atom. The van der Waals surface area contributed by atoms with Gasteiger partial charge in [0.1, 0.15) is 0 Å². The highest BCUT2D eigenvalue weighted by Gasteiger charge is 2.40. The Morgan fingerprint density at radius 2 is 2.00 bits per heavy atom. The Balaban J connectivity index is 1.59. The second-order valence-corrected chi connectivity index (χ2v) is 6.66. The average Bonchev–Trinajstić information content (AvgIpc) is 3.10. The van der Waals surface area contributed by atoms with Gasteiger partial charge in [0.2, 0.25) is 5.91 Å². The first kappa shape index (κ1) is 14.6. The van der Waals surface area contributed by atoms with Gasteiger partial charge in [0.05, 0.1) is 6.61 Å². The van der Waals surface area contributed by atoms with Crippen molar-refractivity contribution in [1.82, 2.24) is 4.90 Å². The molecule has 1 amide bonds. The Hall–Kier alpha value is -1.35. The fraction of sp³-hybridized carbons (Fsp3) is 0.611. The summed E-state index contributed by atoms with van der Waals surface area (Å²) < 4.78 is 0. The molecule has 3 atom stereocenters. The molecule has 2 fully saturated rings. The van der Waals surface area contributed by atoms with Gasteiger partial charge in [0.15, 0.2) is 0 Å². The van der Waals surface area contributed by atoms with Crippen LogP contribution in [-0.2, 0) is 11.3 Å². The molecule has 0 radical (unpaired) electrons. The molecule has 3 heteroatoms. The standard InChI is InChI=1S/C18H25NO2/c20-9-8-19(13-14-4-2-1-3-5-14)18(21)12-17-11-15-6-7-16(17)10-15/h1-5,15-17,20H,6-13H2. The van der Waals surface area contributed by atoms with Crippen LogP contribution in [0.2, 0.25) is 0 Å². The number of carbonyl (C=O) groups excluding carboxylic acids is 1. The molecule has 1 N–H and O–H groups in total. The molecule has 1 aromatic rings. The van der Waals surface area contributed by atoms with E-state index in [4.69, 9.17) is 0 Å². The van der Waals surface area contributed by atoms with E-state index < -0.39 is 0 Å². The van der Waals surface area contributed by atoms with Crippen LogP contribution >= 0.6 is 0 Å². The first-order valence-electron chi connectivity index (χ1n) is 8.19. The maximum atomic E-state index is 12.6. The smallest absolute Gasteiger partial charge is 0.223 e. The van der Waals surface area contributed by atoms with Gasteiger partial charge in [0, 0.05) is 19.5 Å². The van der Waals surface area contributed by atoms with Crippen molar-refractivity contribution < 1.29 is 9.90 Å². The van der Waals surface area contributed by atoms with E-state index in [1.165, 1.54) is 25.7 Å². The molecule has 0 saturated heterocycles. The average molecular weight is 287 g/mol. The summed E-state index contributed by atoms with van der Waals surface area (Å²) in [4.78, 5) is 14.4. The highest BCUT2D eigenvalue weighted by atomic mass is 16.3. The highest BCUT2D eigenvalue weighted by Crippen LogP contribution is 2.49. The molecular weight excluding hydrogens is 262 g/mol. The van der Waals surface area contributed by atoms with E-state index in [2.05, 4.69) is 0 Å². The number of carbonyl (C=O) groups is 1. The van der Waals surface area contributed by atoms with Crippen LogP contribution in [0.4, 0.5) is 0 Å². The predicted octanol–water partition coefficient (Wildman–Crippen LogP) is 2.83. The van der Waals surface area contributed by atoms with Gasteiger partial charge in [-0.25, -0.2) is 0 Å². The zero-order valence-electron chi connectivity index (χ0n) is 12.6. The van der Waals surface area contributed by atoms with E-state index in [0.29, 0.717) is 25.4 Å². The van der Waals surface area contributed by atoms with Crippen molar-refractivity contribution in [2.75, 3.05) is 13.2 Å². The molecule has 0 aromatic heterocycles. The van der Waals surface area contributed by atoms with Crippen molar-refractivity contribution in [3.05, 3.63) is 35.9 Å². The summed E-state index contributed by atoms with van der Waals surface area (Å²) in [5.74, 6) is 2.47. The minimum Gasteiger partial charge on any atom is -0.395 e. The van der Waals surface area contributed by atoms with E-state index >= 15 is 0 Å². The van der Waals surface area contributed by atoms with Crippen molar-refractivity contribution >= 4 is 5.91 Å². The molecular formula is C18H25NO2. The molecule has 114 valence electrons. The quantitative estimate of drug-likeness (QED) is 0.874. The fourth-order valence-electron chi connectivity index (χ4n) is 4.20. The van der Waals surface area contributed by atoms with Crippen molar-refractivity contribution in [2.45, 2.75) is 38.6 Å². The summed E-state index contributed by atoms with van der Waals surface area (Å²) in [5.41, 5.74) is 1.13. The van der Waals surface area contributed by atoms with Crippen molar-refractivity contribution in [1.29, 1.82) is 0 Å². The number of hydrogen-bond acceptors (Lipinski definition) is 2. The summed E-state index contributed by atoms with van der Waals surface area (Å²) >= 11 is 0. The van der Waals surface area contributed by atoms with E-state index in [1.54, 1.807) is 0 Å². The minimum absolute atomic E-state index is 0.0370. The predicted molar refractivity (Wildman–Crippen MR) is 82.5 cm³/mol. The molecule has 2 bridgehead atoms. The Morgan fingerprint density at radius 3 is 2.62 bits per heavy atom. The van der Waals surface area contributed by atoms with Gasteiger partial charge in [-0.2, -0.15) is 0 Å². The second kappa shape index (κ2) is 6.61. The van der Waals surface area contributed by atoms with Gasteiger partial charge in [-0.05, 0) is 42.6 Å². The molecule has 21 heavy (non-hydrogen) atoms. The molecule has 0 aliphatic heterocycles. The third-order valence-corrected chi connectivity index (χ3v) is 5.26. The number of hydrogen-bond donors (Lipinski definition) is 1. The molecule has 0 heterocycles. The van der Waals surface area contributed by atoms with Gasteiger partial charge in [-0.15, -0.1) is 0 Å². The van der Waals surface area contributed by atoms with Gasteiger partial charge in [0.25, 0.3) is 0 Å². The van der Waals surface area contributed by atoms with E-state index in [-0.39, 0.29) is 12.5 Å². The zero-order valence-corrected chi connectivity index (χ0v) is 12.6. The summed E-state index contributed by atoms with van der Waals surface area (Å²) in [6.07, 6.45) is 5.96. The van der Waals surface area contributed by atoms with Gasteiger partial charge >= 0.3 is 0 Å². The van der Waals surface area contributed by atoms with Gasteiger partial charge in [-0.1, -0.05) is 36.8 Å². The lowest BCUT2D eigenvalue weighted by atomic mass is 9.86. The first-order chi connectivity index (χ1) is 10.3. The number of fused-ring (bicyclic) bond motifs is 2. The summed E-state index contributed by atoms with van der Waals surface area (Å²) in [7, 11) is 0. The summed E-state index contributed by atoms with van der Waals surface area (Å²) in [5, 5.41) is 9.24. The van der Waals surface area contributed by atoms with E-state index in [0.717, 1.165) is 17.4 Å². The topological polar surface area (TPSA) is 40.5 Å². The molecule has 3 unspecified atom stereocenters. The Kier molecular flexibility index (Phi) is 4.59. The van der Waals surface area contributed by atoms with Crippen LogP contribution in [0.5, 0.6) is 0 Å². The van der Waals surface area contributed by atoms with Crippen LogP contribution in [0.15, 0.2) is 30.3 Å². The minimum atomic E-state index is 0.0370. The lowest BCUT2D eigenvalue weighted by molar-refractivity contribution is -0.133. The summed E-state index contributed by atoms with van der Waals surface area (Å²) in [6, 6.07) is 10.0. The van der Waals surface area contributed by atoms with Crippen LogP contribution in [0, 0.1) is 17.8 Å². The number of rotatable bonds is 6. The normalized spacial score (nSPS) is 27.0. The van der Waals surface area contributed by atoms with Crippen LogP contribution < -0.4 is 0 Å². The van der Waals surface area contributed by atoms with Crippen LogP contribution in [0.1, 0.15) is 37.7 Å². The monoisotopic (exact) mass is 287 g/mol. The van der Waals surface area contributed by atoms with Crippen LogP contribution in [-0.4, -0.2) is 29.1 Å². The third-order valence-electron chi connectivity index (χ3n) is 5.26. The lowest BCUT2D eigenvalue weighted by Crippen LogP contribution is -2.34.